The fraction of sp³-hybridized carbons (Fsp3) is 0.167. The molecule has 0 fully saturated rings. The molecule has 0 aliphatic rings. The number of nitrogens with zero attached hydrogens (tertiary/aromatic N) is 2. The lowest BCUT2D eigenvalue weighted by Gasteiger charge is -1.96. The number of rotatable bonds is 2. The molecule has 1 aromatic carbocycles. The lowest BCUT2D eigenvalue weighted by Crippen LogP contribution is -1.82. The van der Waals surface area contributed by atoms with Crippen molar-refractivity contribution in [1.82, 2.24) is 4.98 Å². The van der Waals surface area contributed by atoms with Gasteiger partial charge >= 0.3 is 0 Å². The van der Waals surface area contributed by atoms with Crippen LogP contribution in [0.3, 0.4) is 0 Å². The summed E-state index contributed by atoms with van der Waals surface area (Å²) < 4.78 is 0. The van der Waals surface area contributed by atoms with Gasteiger partial charge in [-0.3, -0.25) is 0 Å². The standard InChI is InChI=1S/C12H10N2S/c1-9-2-4-10(5-3-9)12-14-11(6-7-13)8-15-12/h2-5,8H,6H2,1H3. The first-order chi connectivity index (χ1) is 7.29. The molecule has 15 heavy (non-hydrogen) atoms. The molecule has 0 aliphatic carbocycles. The van der Waals surface area contributed by atoms with E-state index in [1.54, 1.807) is 11.3 Å². The summed E-state index contributed by atoms with van der Waals surface area (Å²) >= 11 is 1.59. The Labute approximate surface area is 92.8 Å². The second-order valence-electron chi connectivity index (χ2n) is 3.34. The average molecular weight is 214 g/mol. The van der Waals surface area contributed by atoms with Crippen LogP contribution in [0.4, 0.5) is 0 Å². The van der Waals surface area contributed by atoms with Crippen molar-refractivity contribution in [1.29, 1.82) is 5.26 Å². The third-order valence-electron chi connectivity index (χ3n) is 2.11. The van der Waals surface area contributed by atoms with Crippen molar-refractivity contribution in [3.8, 4) is 16.6 Å². The van der Waals surface area contributed by atoms with Crippen LogP contribution in [0.15, 0.2) is 29.6 Å². The summed E-state index contributed by atoms with van der Waals surface area (Å²) in [5.41, 5.74) is 3.22. The van der Waals surface area contributed by atoms with E-state index in [1.165, 1.54) is 5.56 Å². The van der Waals surface area contributed by atoms with Gasteiger partial charge in [0.1, 0.15) is 5.01 Å². The lowest BCUT2D eigenvalue weighted by molar-refractivity contribution is 1.16. The van der Waals surface area contributed by atoms with Crippen molar-refractivity contribution in [2.75, 3.05) is 0 Å². The minimum Gasteiger partial charge on any atom is -0.240 e. The van der Waals surface area contributed by atoms with Crippen molar-refractivity contribution >= 4 is 11.3 Å². The van der Waals surface area contributed by atoms with Crippen molar-refractivity contribution in [2.45, 2.75) is 13.3 Å². The van der Waals surface area contributed by atoms with Crippen molar-refractivity contribution in [2.24, 2.45) is 0 Å². The van der Waals surface area contributed by atoms with Crippen LogP contribution in [0.1, 0.15) is 11.3 Å². The van der Waals surface area contributed by atoms with Gasteiger partial charge in [-0.05, 0) is 6.92 Å². The maximum absolute atomic E-state index is 8.55. The molecule has 0 amide bonds. The largest absolute Gasteiger partial charge is 0.240 e. The zero-order valence-corrected chi connectivity index (χ0v) is 9.21. The maximum atomic E-state index is 8.55. The van der Waals surface area contributed by atoms with Crippen molar-refractivity contribution < 1.29 is 0 Å². The first-order valence-corrected chi connectivity index (χ1v) is 5.56. The van der Waals surface area contributed by atoms with Gasteiger partial charge in [0.2, 0.25) is 0 Å². The number of benzene rings is 1. The van der Waals surface area contributed by atoms with Gasteiger partial charge in [-0.15, -0.1) is 11.3 Å². The summed E-state index contributed by atoms with van der Waals surface area (Å²) in [6, 6.07) is 10.4. The van der Waals surface area contributed by atoms with Crippen LogP contribution in [0, 0.1) is 18.3 Å². The Balaban J connectivity index is 2.30. The predicted molar refractivity (Wildman–Crippen MR) is 61.6 cm³/mol. The molecule has 0 aliphatic heterocycles. The molecule has 0 bridgehead atoms. The zero-order valence-electron chi connectivity index (χ0n) is 8.40. The number of aromatic nitrogens is 1. The summed E-state index contributed by atoms with van der Waals surface area (Å²) in [6.45, 7) is 2.06. The zero-order chi connectivity index (χ0) is 10.7. The number of aryl methyl sites for hydroxylation is 1. The van der Waals surface area contributed by atoms with Gasteiger partial charge in [0.25, 0.3) is 0 Å². The minimum absolute atomic E-state index is 0.391. The van der Waals surface area contributed by atoms with E-state index in [4.69, 9.17) is 5.26 Å². The van der Waals surface area contributed by atoms with E-state index in [0.717, 1.165) is 16.3 Å². The Hall–Kier alpha value is -1.66. The van der Waals surface area contributed by atoms with Gasteiger partial charge in [0.05, 0.1) is 18.2 Å². The van der Waals surface area contributed by atoms with Gasteiger partial charge < -0.3 is 0 Å². The molecule has 0 radical (unpaired) electrons. The first-order valence-electron chi connectivity index (χ1n) is 4.68. The van der Waals surface area contributed by atoms with Gasteiger partial charge in [0.15, 0.2) is 0 Å². The third-order valence-corrected chi connectivity index (χ3v) is 3.05. The van der Waals surface area contributed by atoms with Crippen molar-refractivity contribution in [3.05, 3.63) is 40.9 Å². The number of hydrogen-bond acceptors (Lipinski definition) is 3. The smallest absolute Gasteiger partial charge is 0.123 e. The molecule has 0 spiro atoms. The van der Waals surface area contributed by atoms with Crippen LogP contribution < -0.4 is 0 Å². The fourth-order valence-electron chi connectivity index (χ4n) is 1.30. The molecule has 1 aromatic heterocycles. The monoisotopic (exact) mass is 214 g/mol. The number of thiazole rings is 1. The van der Waals surface area contributed by atoms with Crippen LogP contribution in [0.25, 0.3) is 10.6 Å². The Morgan fingerprint density at radius 2 is 2.07 bits per heavy atom. The lowest BCUT2D eigenvalue weighted by atomic mass is 10.2. The average Bonchev–Trinajstić information content (AvgIpc) is 2.68. The number of nitriles is 1. The molecule has 3 heteroatoms. The van der Waals surface area contributed by atoms with E-state index < -0.39 is 0 Å². The van der Waals surface area contributed by atoms with E-state index >= 15 is 0 Å². The van der Waals surface area contributed by atoms with Crippen LogP contribution in [0.5, 0.6) is 0 Å². The van der Waals surface area contributed by atoms with Gasteiger partial charge in [-0.25, -0.2) is 4.98 Å². The van der Waals surface area contributed by atoms with Gasteiger partial charge in [0, 0.05) is 10.9 Å². The highest BCUT2D eigenvalue weighted by Crippen LogP contribution is 2.23. The summed E-state index contributed by atoms with van der Waals surface area (Å²) in [6.07, 6.45) is 0.391. The highest BCUT2D eigenvalue weighted by molar-refractivity contribution is 7.13. The summed E-state index contributed by atoms with van der Waals surface area (Å²) in [5.74, 6) is 0. The summed E-state index contributed by atoms with van der Waals surface area (Å²) in [7, 11) is 0. The summed E-state index contributed by atoms with van der Waals surface area (Å²) in [4.78, 5) is 4.40. The molecule has 2 rings (SSSR count). The van der Waals surface area contributed by atoms with E-state index in [9.17, 15) is 0 Å². The normalized spacial score (nSPS) is 9.87. The summed E-state index contributed by atoms with van der Waals surface area (Å²) in [5, 5.41) is 11.5. The Kier molecular flexibility index (Phi) is 2.79. The van der Waals surface area contributed by atoms with Crippen LogP contribution >= 0.6 is 11.3 Å². The second kappa shape index (κ2) is 4.24. The molecule has 0 saturated carbocycles. The highest BCUT2D eigenvalue weighted by atomic mass is 32.1. The molecule has 1 heterocycles. The molecule has 0 saturated heterocycles. The topological polar surface area (TPSA) is 36.7 Å². The highest BCUT2D eigenvalue weighted by Gasteiger charge is 2.03. The van der Waals surface area contributed by atoms with Crippen LogP contribution in [0.2, 0.25) is 0 Å². The van der Waals surface area contributed by atoms with E-state index in [-0.39, 0.29) is 0 Å². The van der Waals surface area contributed by atoms with Gasteiger partial charge in [-0.1, -0.05) is 29.8 Å². The molecule has 2 nitrogen and oxygen atoms in total. The quantitative estimate of drug-likeness (QED) is 0.769. The predicted octanol–water partition coefficient (Wildman–Crippen LogP) is 3.18. The van der Waals surface area contributed by atoms with E-state index in [0.29, 0.717) is 6.42 Å². The Bertz CT molecular complexity index is 491. The molecule has 0 unspecified atom stereocenters. The maximum Gasteiger partial charge on any atom is 0.123 e. The second-order valence-corrected chi connectivity index (χ2v) is 4.20. The molecular weight excluding hydrogens is 204 g/mol. The van der Waals surface area contributed by atoms with Gasteiger partial charge in [-0.2, -0.15) is 5.26 Å². The number of hydrogen-bond donors (Lipinski definition) is 0. The third kappa shape index (κ3) is 2.23. The molecule has 0 N–H and O–H groups in total. The molecule has 0 atom stereocenters. The minimum atomic E-state index is 0.391. The van der Waals surface area contributed by atoms with Crippen LogP contribution in [-0.4, -0.2) is 4.98 Å². The Morgan fingerprint density at radius 3 is 2.73 bits per heavy atom. The van der Waals surface area contributed by atoms with Crippen LogP contribution in [-0.2, 0) is 6.42 Å². The molecule has 2 aromatic rings. The molecule has 74 valence electrons. The van der Waals surface area contributed by atoms with Crippen molar-refractivity contribution in [3.63, 3.8) is 0 Å². The SMILES string of the molecule is Cc1ccc(-c2nc(CC#N)cs2)cc1. The Morgan fingerprint density at radius 1 is 1.33 bits per heavy atom. The van der Waals surface area contributed by atoms with E-state index in [1.807, 2.05) is 5.38 Å². The first kappa shape index (κ1) is 9.88. The molecular formula is C12H10N2S. The fourth-order valence-corrected chi connectivity index (χ4v) is 2.12. The van der Waals surface area contributed by atoms with E-state index in [2.05, 4.69) is 42.2 Å².